The van der Waals surface area contributed by atoms with Crippen LogP contribution in [0.15, 0.2) is 6.07 Å². The molecule has 1 spiro atoms. The van der Waals surface area contributed by atoms with Gasteiger partial charge in [-0.05, 0) is 36.7 Å². The highest BCUT2D eigenvalue weighted by molar-refractivity contribution is 5.93. The summed E-state index contributed by atoms with van der Waals surface area (Å²) in [6.07, 6.45) is 8.96. The van der Waals surface area contributed by atoms with Crippen molar-refractivity contribution in [3.05, 3.63) is 17.5 Å². The molecule has 1 aliphatic carbocycles. The Kier molecular flexibility index (Phi) is 4.55. The van der Waals surface area contributed by atoms with Crippen molar-refractivity contribution in [3.8, 4) is 0 Å². The van der Waals surface area contributed by atoms with Crippen LogP contribution in [0.25, 0.3) is 0 Å². The van der Waals surface area contributed by atoms with Crippen molar-refractivity contribution >= 4 is 11.9 Å². The molecule has 1 saturated heterocycles. The number of hydrogen-bond donors (Lipinski definition) is 1. The molecular formula is C18H28N4O. The Labute approximate surface area is 138 Å². The first-order valence-electron chi connectivity index (χ1n) is 8.93. The number of amides is 1. The number of carbonyl (C=O) groups is 1. The summed E-state index contributed by atoms with van der Waals surface area (Å²) in [5.41, 5.74) is 7.44. The number of likely N-dealkylation sites (tertiary alicyclic amines) is 1. The highest BCUT2D eigenvalue weighted by Crippen LogP contribution is 2.42. The van der Waals surface area contributed by atoms with Gasteiger partial charge >= 0.3 is 0 Å². The molecule has 1 aromatic heterocycles. The first kappa shape index (κ1) is 16.2. The van der Waals surface area contributed by atoms with E-state index in [0.29, 0.717) is 11.1 Å². The van der Waals surface area contributed by atoms with Crippen LogP contribution in [0.5, 0.6) is 0 Å². The third-order valence-electron chi connectivity index (χ3n) is 5.46. The van der Waals surface area contributed by atoms with Gasteiger partial charge in [-0.3, -0.25) is 4.79 Å². The summed E-state index contributed by atoms with van der Waals surface area (Å²) >= 11 is 0. The first-order valence-corrected chi connectivity index (χ1v) is 8.93. The summed E-state index contributed by atoms with van der Waals surface area (Å²) in [6.45, 7) is 5.82. The lowest BCUT2D eigenvalue weighted by Gasteiger charge is -2.27. The van der Waals surface area contributed by atoms with Gasteiger partial charge in [-0.2, -0.15) is 0 Å². The minimum atomic E-state index is 0.0159. The fourth-order valence-corrected chi connectivity index (χ4v) is 4.05. The van der Waals surface area contributed by atoms with Crippen LogP contribution in [-0.2, 0) is 0 Å². The minimum Gasteiger partial charge on any atom is -0.368 e. The zero-order valence-corrected chi connectivity index (χ0v) is 14.3. The Morgan fingerprint density at radius 3 is 2.52 bits per heavy atom. The van der Waals surface area contributed by atoms with E-state index in [2.05, 4.69) is 9.97 Å². The molecule has 2 N–H and O–H groups in total. The van der Waals surface area contributed by atoms with Gasteiger partial charge in [0.2, 0.25) is 5.95 Å². The number of carbonyl (C=O) groups excluding carboxylic acids is 1. The van der Waals surface area contributed by atoms with Gasteiger partial charge in [0.05, 0.1) is 0 Å². The molecule has 0 aromatic carbocycles. The Balaban J connectivity index is 1.76. The second-order valence-corrected chi connectivity index (χ2v) is 7.58. The molecular weight excluding hydrogens is 288 g/mol. The molecule has 1 saturated carbocycles. The normalized spacial score (nSPS) is 20.9. The summed E-state index contributed by atoms with van der Waals surface area (Å²) in [4.78, 5) is 23.3. The van der Waals surface area contributed by atoms with E-state index >= 15 is 0 Å². The van der Waals surface area contributed by atoms with E-state index < -0.39 is 0 Å². The van der Waals surface area contributed by atoms with Crippen molar-refractivity contribution in [3.63, 3.8) is 0 Å². The average molecular weight is 316 g/mol. The number of nitrogens with two attached hydrogens (primary N) is 1. The quantitative estimate of drug-likeness (QED) is 0.908. The van der Waals surface area contributed by atoms with Crippen molar-refractivity contribution in [2.24, 2.45) is 5.41 Å². The molecule has 2 aliphatic rings. The van der Waals surface area contributed by atoms with E-state index in [9.17, 15) is 4.79 Å². The van der Waals surface area contributed by atoms with E-state index in [-0.39, 0.29) is 17.8 Å². The van der Waals surface area contributed by atoms with Crippen LogP contribution in [0.3, 0.4) is 0 Å². The monoisotopic (exact) mass is 316 g/mol. The molecule has 0 radical (unpaired) electrons. The van der Waals surface area contributed by atoms with E-state index in [1.54, 1.807) is 6.07 Å². The summed E-state index contributed by atoms with van der Waals surface area (Å²) in [6, 6.07) is 1.81. The Morgan fingerprint density at radius 2 is 1.87 bits per heavy atom. The lowest BCUT2D eigenvalue weighted by atomic mass is 9.80. The molecule has 2 fully saturated rings. The smallest absolute Gasteiger partial charge is 0.272 e. The lowest BCUT2D eigenvalue weighted by molar-refractivity contribution is 0.0761. The number of aromatic nitrogens is 2. The second-order valence-electron chi connectivity index (χ2n) is 7.58. The van der Waals surface area contributed by atoms with Crippen molar-refractivity contribution in [2.75, 3.05) is 18.8 Å². The van der Waals surface area contributed by atoms with Crippen molar-refractivity contribution in [2.45, 2.75) is 64.7 Å². The Bertz CT molecular complexity index is 576. The fourth-order valence-electron chi connectivity index (χ4n) is 4.05. The summed E-state index contributed by atoms with van der Waals surface area (Å²) in [5.74, 6) is 0.448. The van der Waals surface area contributed by atoms with Crippen LogP contribution in [-0.4, -0.2) is 33.9 Å². The molecule has 3 rings (SSSR count). The largest absolute Gasteiger partial charge is 0.368 e. The zero-order valence-electron chi connectivity index (χ0n) is 14.3. The number of hydrogen-bond acceptors (Lipinski definition) is 4. The van der Waals surface area contributed by atoms with E-state index in [4.69, 9.17) is 5.73 Å². The lowest BCUT2D eigenvalue weighted by Crippen LogP contribution is -2.33. The minimum absolute atomic E-state index is 0.0159. The van der Waals surface area contributed by atoms with Crippen molar-refractivity contribution in [1.82, 2.24) is 14.9 Å². The van der Waals surface area contributed by atoms with Crippen LogP contribution in [0.1, 0.15) is 80.9 Å². The standard InChI is InChI=1S/C18H28N4O/c1-13(2)14-11-15(21-17(19)20-14)16(23)22-10-9-18(12-22)7-5-3-4-6-8-18/h11,13H,3-10,12H2,1-2H3,(H2,19,20,21). The highest BCUT2D eigenvalue weighted by atomic mass is 16.2. The zero-order chi connectivity index (χ0) is 16.4. The van der Waals surface area contributed by atoms with E-state index in [1.807, 2.05) is 18.7 Å². The molecule has 5 heteroatoms. The third-order valence-corrected chi connectivity index (χ3v) is 5.46. The van der Waals surface area contributed by atoms with Gasteiger partial charge in [0, 0.05) is 18.8 Å². The van der Waals surface area contributed by atoms with Gasteiger partial charge in [0.25, 0.3) is 5.91 Å². The van der Waals surface area contributed by atoms with Gasteiger partial charge in [0.15, 0.2) is 0 Å². The number of nitrogens with zero attached hydrogens (tertiary/aromatic N) is 3. The first-order chi connectivity index (χ1) is 11.0. The average Bonchev–Trinajstić information content (AvgIpc) is 2.79. The highest BCUT2D eigenvalue weighted by Gasteiger charge is 2.40. The number of nitrogen functional groups attached to an aromatic ring is 1. The molecule has 5 nitrogen and oxygen atoms in total. The molecule has 2 heterocycles. The molecule has 0 unspecified atom stereocenters. The maximum Gasteiger partial charge on any atom is 0.272 e. The molecule has 0 bridgehead atoms. The molecule has 1 amide bonds. The molecule has 23 heavy (non-hydrogen) atoms. The van der Waals surface area contributed by atoms with Crippen LogP contribution in [0.4, 0.5) is 5.95 Å². The van der Waals surface area contributed by atoms with Gasteiger partial charge in [0.1, 0.15) is 5.69 Å². The van der Waals surface area contributed by atoms with Gasteiger partial charge in [-0.15, -0.1) is 0 Å². The molecule has 1 aliphatic heterocycles. The summed E-state index contributed by atoms with van der Waals surface area (Å²) in [5, 5.41) is 0. The van der Waals surface area contributed by atoms with Crippen LogP contribution in [0, 0.1) is 5.41 Å². The topological polar surface area (TPSA) is 72.1 Å². The number of anilines is 1. The van der Waals surface area contributed by atoms with Crippen LogP contribution >= 0.6 is 0 Å². The summed E-state index contributed by atoms with van der Waals surface area (Å²) in [7, 11) is 0. The Morgan fingerprint density at radius 1 is 1.17 bits per heavy atom. The maximum absolute atomic E-state index is 12.9. The fraction of sp³-hybridized carbons (Fsp3) is 0.722. The van der Waals surface area contributed by atoms with Crippen molar-refractivity contribution in [1.29, 1.82) is 0 Å². The van der Waals surface area contributed by atoms with Crippen molar-refractivity contribution < 1.29 is 4.79 Å². The maximum atomic E-state index is 12.9. The predicted octanol–water partition coefficient (Wildman–Crippen LogP) is 3.37. The van der Waals surface area contributed by atoms with Gasteiger partial charge in [-0.25, -0.2) is 9.97 Å². The van der Waals surface area contributed by atoms with E-state index in [1.165, 1.54) is 38.5 Å². The summed E-state index contributed by atoms with van der Waals surface area (Å²) < 4.78 is 0. The van der Waals surface area contributed by atoms with Crippen LogP contribution < -0.4 is 5.73 Å². The van der Waals surface area contributed by atoms with Crippen LogP contribution in [0.2, 0.25) is 0 Å². The van der Waals surface area contributed by atoms with Gasteiger partial charge in [-0.1, -0.05) is 39.5 Å². The molecule has 126 valence electrons. The second kappa shape index (κ2) is 6.46. The SMILES string of the molecule is CC(C)c1cc(C(=O)N2CCC3(CCCCCC3)C2)nc(N)n1. The third kappa shape index (κ3) is 3.48. The molecule has 0 atom stereocenters. The van der Waals surface area contributed by atoms with Gasteiger partial charge < -0.3 is 10.6 Å². The molecule has 1 aromatic rings. The van der Waals surface area contributed by atoms with E-state index in [0.717, 1.165) is 25.2 Å². The predicted molar refractivity (Wildman–Crippen MR) is 91.2 cm³/mol. The number of rotatable bonds is 2. The Hall–Kier alpha value is -1.65.